The van der Waals surface area contributed by atoms with Crippen molar-refractivity contribution in [3.05, 3.63) is 39.9 Å². The molecule has 0 saturated heterocycles. The quantitative estimate of drug-likeness (QED) is 0.732. The molecule has 0 aliphatic carbocycles. The van der Waals surface area contributed by atoms with Gasteiger partial charge in [0, 0.05) is 4.47 Å². The van der Waals surface area contributed by atoms with Crippen LogP contribution in [0.2, 0.25) is 0 Å². The van der Waals surface area contributed by atoms with E-state index in [9.17, 15) is 13.5 Å². The van der Waals surface area contributed by atoms with Crippen LogP contribution in [0.25, 0.3) is 0 Å². The molecule has 2 rings (SSSR count). The largest absolute Gasteiger partial charge is 0.392 e. The molecule has 0 amide bonds. The van der Waals surface area contributed by atoms with Crippen molar-refractivity contribution in [2.24, 2.45) is 0 Å². The number of aromatic amines is 1. The van der Waals surface area contributed by atoms with Gasteiger partial charge in [0.1, 0.15) is 12.2 Å². The molecule has 1 atom stereocenters. The highest BCUT2D eigenvalue weighted by molar-refractivity contribution is 9.10. The molecular formula is C12H15BrN4O3S. The second-order valence-corrected chi connectivity index (χ2v) is 7.11. The van der Waals surface area contributed by atoms with Crippen molar-refractivity contribution in [3.8, 4) is 0 Å². The summed E-state index contributed by atoms with van der Waals surface area (Å²) in [6.45, 7) is 3.12. The van der Waals surface area contributed by atoms with Gasteiger partial charge in [0.05, 0.1) is 17.5 Å². The highest BCUT2D eigenvalue weighted by Gasteiger charge is 2.23. The number of nitrogens with zero attached hydrogens (tertiary/aromatic N) is 2. The number of aliphatic hydroxyl groups is 1. The number of sulfonamides is 1. The molecular weight excluding hydrogens is 360 g/mol. The SMILES string of the molecule is Cc1c(Br)cc(CO)cc1S(=O)(=O)NC(C)c1ncn[nH]1. The van der Waals surface area contributed by atoms with Gasteiger partial charge in [-0.15, -0.1) is 0 Å². The second-order valence-electron chi connectivity index (χ2n) is 4.57. The minimum Gasteiger partial charge on any atom is -0.392 e. The third kappa shape index (κ3) is 3.49. The van der Waals surface area contributed by atoms with Gasteiger partial charge in [-0.05, 0) is 37.1 Å². The molecule has 0 aliphatic rings. The van der Waals surface area contributed by atoms with Gasteiger partial charge in [-0.3, -0.25) is 5.10 Å². The second kappa shape index (κ2) is 6.22. The minimum atomic E-state index is -3.75. The van der Waals surface area contributed by atoms with E-state index in [0.29, 0.717) is 21.4 Å². The number of halogens is 1. The number of benzene rings is 1. The Morgan fingerprint density at radius 3 is 2.76 bits per heavy atom. The zero-order chi connectivity index (χ0) is 15.6. The van der Waals surface area contributed by atoms with Crippen LogP contribution in [0, 0.1) is 6.92 Å². The Balaban J connectivity index is 2.38. The Morgan fingerprint density at radius 1 is 1.48 bits per heavy atom. The molecule has 114 valence electrons. The fraction of sp³-hybridized carbons (Fsp3) is 0.333. The summed E-state index contributed by atoms with van der Waals surface area (Å²) < 4.78 is 28.2. The lowest BCUT2D eigenvalue weighted by atomic mass is 10.2. The molecule has 2 aromatic rings. The fourth-order valence-electron chi connectivity index (χ4n) is 1.85. The zero-order valence-electron chi connectivity index (χ0n) is 11.5. The Labute approximate surface area is 131 Å². The van der Waals surface area contributed by atoms with Crippen molar-refractivity contribution in [1.29, 1.82) is 0 Å². The maximum atomic E-state index is 12.5. The highest BCUT2D eigenvalue weighted by Crippen LogP contribution is 2.26. The molecule has 9 heteroatoms. The van der Waals surface area contributed by atoms with E-state index in [-0.39, 0.29) is 11.5 Å². The first-order valence-electron chi connectivity index (χ1n) is 6.12. The Morgan fingerprint density at radius 2 is 2.19 bits per heavy atom. The molecule has 0 bridgehead atoms. The van der Waals surface area contributed by atoms with Crippen LogP contribution in [0.15, 0.2) is 27.8 Å². The Bertz CT molecular complexity index is 731. The number of hydrogen-bond donors (Lipinski definition) is 3. The molecule has 21 heavy (non-hydrogen) atoms. The third-order valence-electron chi connectivity index (χ3n) is 3.00. The summed E-state index contributed by atoms with van der Waals surface area (Å²) in [6.07, 6.45) is 1.31. The summed E-state index contributed by atoms with van der Waals surface area (Å²) in [4.78, 5) is 4.04. The van der Waals surface area contributed by atoms with Gasteiger partial charge < -0.3 is 5.11 Å². The summed E-state index contributed by atoms with van der Waals surface area (Å²) in [6, 6.07) is 2.59. The van der Waals surface area contributed by atoms with Gasteiger partial charge in [-0.2, -0.15) is 5.10 Å². The zero-order valence-corrected chi connectivity index (χ0v) is 13.9. The predicted molar refractivity (Wildman–Crippen MR) is 79.9 cm³/mol. The summed E-state index contributed by atoms with van der Waals surface area (Å²) in [5.74, 6) is 0.425. The van der Waals surface area contributed by atoms with Crippen molar-refractivity contribution in [2.45, 2.75) is 31.4 Å². The molecule has 0 saturated carbocycles. The smallest absolute Gasteiger partial charge is 0.241 e. The van der Waals surface area contributed by atoms with Crippen LogP contribution in [0.1, 0.15) is 29.9 Å². The lowest BCUT2D eigenvalue weighted by Crippen LogP contribution is -2.28. The van der Waals surface area contributed by atoms with Crippen LogP contribution in [0.5, 0.6) is 0 Å². The van der Waals surface area contributed by atoms with Crippen molar-refractivity contribution < 1.29 is 13.5 Å². The van der Waals surface area contributed by atoms with Crippen LogP contribution >= 0.6 is 15.9 Å². The van der Waals surface area contributed by atoms with Gasteiger partial charge in [-0.25, -0.2) is 18.1 Å². The van der Waals surface area contributed by atoms with Crippen LogP contribution in [-0.2, 0) is 16.6 Å². The molecule has 0 aliphatic heterocycles. The van der Waals surface area contributed by atoms with Crippen molar-refractivity contribution >= 4 is 26.0 Å². The fourth-order valence-corrected chi connectivity index (χ4v) is 4.02. The highest BCUT2D eigenvalue weighted by atomic mass is 79.9. The van der Waals surface area contributed by atoms with Gasteiger partial charge >= 0.3 is 0 Å². The molecule has 0 spiro atoms. The standard InChI is InChI=1S/C12H15BrN4O3S/c1-7-10(13)3-9(5-18)4-11(7)21(19,20)17-8(2)12-14-6-15-16-12/h3-4,6,8,17-18H,5H2,1-2H3,(H,14,15,16). The molecule has 0 fully saturated rings. The van der Waals surface area contributed by atoms with Crippen LogP contribution in [0.3, 0.4) is 0 Å². The van der Waals surface area contributed by atoms with E-state index < -0.39 is 16.1 Å². The molecule has 0 radical (unpaired) electrons. The summed E-state index contributed by atoms with van der Waals surface area (Å²) >= 11 is 3.30. The molecule has 1 heterocycles. The number of aromatic nitrogens is 3. The first kappa shape index (κ1) is 16.1. The maximum Gasteiger partial charge on any atom is 0.241 e. The molecule has 1 unspecified atom stereocenters. The van der Waals surface area contributed by atoms with Crippen molar-refractivity contribution in [2.75, 3.05) is 0 Å². The number of H-pyrrole nitrogens is 1. The van der Waals surface area contributed by atoms with Gasteiger partial charge in [-0.1, -0.05) is 15.9 Å². The lowest BCUT2D eigenvalue weighted by Gasteiger charge is -2.15. The van der Waals surface area contributed by atoms with E-state index in [1.165, 1.54) is 12.4 Å². The lowest BCUT2D eigenvalue weighted by molar-refractivity contribution is 0.281. The monoisotopic (exact) mass is 374 g/mol. The predicted octanol–water partition coefficient (Wildman–Crippen LogP) is 1.41. The normalized spacial score (nSPS) is 13.3. The van der Waals surface area contributed by atoms with Gasteiger partial charge in [0.15, 0.2) is 0 Å². The molecule has 7 nitrogen and oxygen atoms in total. The van der Waals surface area contributed by atoms with Crippen molar-refractivity contribution in [3.63, 3.8) is 0 Å². The van der Waals surface area contributed by atoms with E-state index in [4.69, 9.17) is 0 Å². The number of aliphatic hydroxyl groups excluding tert-OH is 1. The topological polar surface area (TPSA) is 108 Å². The van der Waals surface area contributed by atoms with E-state index >= 15 is 0 Å². The number of nitrogens with one attached hydrogen (secondary N) is 2. The van der Waals surface area contributed by atoms with E-state index in [2.05, 4.69) is 35.8 Å². The van der Waals surface area contributed by atoms with E-state index in [0.717, 1.165) is 0 Å². The van der Waals surface area contributed by atoms with Crippen LogP contribution in [-0.4, -0.2) is 28.7 Å². The molecule has 1 aromatic heterocycles. The Hall–Kier alpha value is -1.29. The average molecular weight is 375 g/mol. The summed E-state index contributed by atoms with van der Waals surface area (Å²) in [5, 5.41) is 15.5. The summed E-state index contributed by atoms with van der Waals surface area (Å²) in [5.41, 5.74) is 1.09. The number of rotatable bonds is 5. The molecule has 1 aromatic carbocycles. The Kier molecular flexibility index (Phi) is 4.77. The van der Waals surface area contributed by atoms with Gasteiger partial charge in [0.2, 0.25) is 10.0 Å². The van der Waals surface area contributed by atoms with Crippen LogP contribution < -0.4 is 4.72 Å². The first-order valence-corrected chi connectivity index (χ1v) is 8.40. The van der Waals surface area contributed by atoms with E-state index in [1.54, 1.807) is 19.9 Å². The molecule has 3 N–H and O–H groups in total. The summed E-state index contributed by atoms with van der Waals surface area (Å²) in [7, 11) is -3.75. The van der Waals surface area contributed by atoms with Gasteiger partial charge in [0.25, 0.3) is 0 Å². The average Bonchev–Trinajstić information content (AvgIpc) is 2.95. The van der Waals surface area contributed by atoms with Crippen LogP contribution in [0.4, 0.5) is 0 Å². The van der Waals surface area contributed by atoms with Crippen molar-refractivity contribution in [1.82, 2.24) is 19.9 Å². The third-order valence-corrected chi connectivity index (χ3v) is 5.49. The minimum absolute atomic E-state index is 0.118. The number of hydrogen-bond acceptors (Lipinski definition) is 5. The maximum absolute atomic E-state index is 12.5. The van der Waals surface area contributed by atoms with E-state index in [1.807, 2.05) is 0 Å². The first-order chi connectivity index (χ1) is 9.85.